The number of rotatable bonds is 9. The first kappa shape index (κ1) is 32.0. The van der Waals surface area contributed by atoms with E-state index in [1.165, 1.54) is 41.3 Å². The molecule has 1 saturated carbocycles. The van der Waals surface area contributed by atoms with Gasteiger partial charge in [-0.25, -0.2) is 8.42 Å². The number of amides is 1. The van der Waals surface area contributed by atoms with Crippen molar-refractivity contribution < 1.29 is 26.7 Å². The maximum atomic E-state index is 16.5. The number of hydrogen-bond acceptors (Lipinski definition) is 5. The Morgan fingerprint density at radius 2 is 1.55 bits per heavy atom. The number of likely N-dealkylation sites (tertiary alicyclic amines) is 1. The highest BCUT2D eigenvalue weighted by atomic mass is 35.5. The summed E-state index contributed by atoms with van der Waals surface area (Å²) in [6, 6.07) is 19.7. The van der Waals surface area contributed by atoms with Crippen molar-refractivity contribution in [3.8, 4) is 16.9 Å². The monoisotopic (exact) mass is 679 g/mol. The molecule has 4 aromatic rings. The van der Waals surface area contributed by atoms with Gasteiger partial charge in [0.05, 0.1) is 11.0 Å². The molecular weight excluding hydrogens is 644 g/mol. The SMILES string of the molecule is O=C(C(NS(=O)(=O)c1ccc2cc(OC3CCCC3)ccc2c1)C(F)(F)c1ccc(-c2ccc(Cl)cc2)cc1)N1CCC2CNCC21. The summed E-state index contributed by atoms with van der Waals surface area (Å²) in [4.78, 5) is 15.2. The van der Waals surface area contributed by atoms with Crippen LogP contribution in [0.1, 0.15) is 37.7 Å². The first-order chi connectivity index (χ1) is 22.6. The number of hydrogen-bond donors (Lipinski definition) is 2. The first-order valence-electron chi connectivity index (χ1n) is 16.1. The van der Waals surface area contributed by atoms with Gasteiger partial charge in [-0.15, -0.1) is 0 Å². The molecule has 7 rings (SSSR count). The zero-order valence-electron chi connectivity index (χ0n) is 25.7. The third-order valence-corrected chi connectivity index (χ3v) is 11.4. The third-order valence-electron chi connectivity index (χ3n) is 9.76. The largest absolute Gasteiger partial charge is 0.490 e. The molecule has 1 aliphatic carbocycles. The summed E-state index contributed by atoms with van der Waals surface area (Å²) in [7, 11) is -4.56. The lowest BCUT2D eigenvalue weighted by Gasteiger charge is -2.33. The molecule has 2 saturated heterocycles. The van der Waals surface area contributed by atoms with Gasteiger partial charge < -0.3 is 15.0 Å². The van der Waals surface area contributed by atoms with E-state index < -0.39 is 33.5 Å². The van der Waals surface area contributed by atoms with Crippen LogP contribution in [0.2, 0.25) is 5.02 Å². The lowest BCUT2D eigenvalue weighted by Crippen LogP contribution is -2.57. The number of alkyl halides is 2. The summed E-state index contributed by atoms with van der Waals surface area (Å²) >= 11 is 6.00. The van der Waals surface area contributed by atoms with Crippen molar-refractivity contribution >= 4 is 38.3 Å². The number of nitrogens with zero attached hydrogens (tertiary/aromatic N) is 1. The van der Waals surface area contributed by atoms with Gasteiger partial charge in [0.15, 0.2) is 6.04 Å². The highest BCUT2D eigenvalue weighted by molar-refractivity contribution is 7.89. The van der Waals surface area contributed by atoms with Gasteiger partial charge in [0.2, 0.25) is 15.9 Å². The number of halogens is 3. The molecule has 3 atom stereocenters. The van der Waals surface area contributed by atoms with E-state index in [4.69, 9.17) is 16.3 Å². The molecule has 7 nitrogen and oxygen atoms in total. The Balaban J connectivity index is 1.19. The Hall–Kier alpha value is -3.57. The Labute approximate surface area is 278 Å². The topological polar surface area (TPSA) is 87.7 Å². The summed E-state index contributed by atoms with van der Waals surface area (Å²) < 4.78 is 69.0. The minimum atomic E-state index is -4.56. The first-order valence-corrected chi connectivity index (χ1v) is 17.9. The van der Waals surface area contributed by atoms with Crippen molar-refractivity contribution in [1.82, 2.24) is 14.9 Å². The lowest BCUT2D eigenvalue weighted by molar-refractivity contribution is -0.145. The zero-order chi connectivity index (χ0) is 32.8. The van der Waals surface area contributed by atoms with E-state index in [0.29, 0.717) is 47.8 Å². The fraction of sp³-hybridized carbons (Fsp3) is 0.361. The molecule has 3 unspecified atom stereocenters. The Kier molecular flexibility index (Phi) is 8.72. The van der Waals surface area contributed by atoms with Crippen LogP contribution in [0.3, 0.4) is 0 Å². The quantitative estimate of drug-likeness (QED) is 0.205. The van der Waals surface area contributed by atoms with Gasteiger partial charge in [0, 0.05) is 36.3 Å². The summed E-state index contributed by atoms with van der Waals surface area (Å²) in [5.41, 5.74) is 0.991. The molecule has 2 N–H and O–H groups in total. The molecule has 0 aromatic heterocycles. The van der Waals surface area contributed by atoms with Crippen LogP contribution >= 0.6 is 11.6 Å². The number of sulfonamides is 1. The van der Waals surface area contributed by atoms with Gasteiger partial charge >= 0.3 is 0 Å². The van der Waals surface area contributed by atoms with E-state index in [1.807, 2.05) is 6.07 Å². The van der Waals surface area contributed by atoms with Crippen LogP contribution in [0.5, 0.6) is 5.75 Å². The minimum Gasteiger partial charge on any atom is -0.490 e. The van der Waals surface area contributed by atoms with E-state index in [1.54, 1.807) is 42.5 Å². The fourth-order valence-electron chi connectivity index (χ4n) is 7.13. The molecule has 0 spiro atoms. The van der Waals surface area contributed by atoms with Crippen LogP contribution in [-0.4, -0.2) is 57.0 Å². The molecule has 4 aromatic carbocycles. The van der Waals surface area contributed by atoms with Gasteiger partial charge in [-0.05, 0) is 96.3 Å². The molecule has 0 bridgehead atoms. The van der Waals surface area contributed by atoms with Crippen molar-refractivity contribution in [3.63, 3.8) is 0 Å². The van der Waals surface area contributed by atoms with Gasteiger partial charge in [-0.3, -0.25) is 4.79 Å². The van der Waals surface area contributed by atoms with Crippen LogP contribution in [0.4, 0.5) is 8.78 Å². The molecule has 246 valence electrons. The second kappa shape index (κ2) is 12.8. The van der Waals surface area contributed by atoms with Crippen molar-refractivity contribution in [1.29, 1.82) is 0 Å². The maximum absolute atomic E-state index is 16.5. The highest BCUT2D eigenvalue weighted by Crippen LogP contribution is 2.38. The van der Waals surface area contributed by atoms with E-state index in [0.717, 1.165) is 36.6 Å². The molecule has 11 heteroatoms. The molecule has 3 fully saturated rings. The second-order valence-electron chi connectivity index (χ2n) is 12.8. The average Bonchev–Trinajstić information content (AvgIpc) is 3.84. The predicted molar refractivity (Wildman–Crippen MR) is 178 cm³/mol. The summed E-state index contributed by atoms with van der Waals surface area (Å²) in [6.45, 7) is 1.47. The molecule has 1 amide bonds. The summed E-state index contributed by atoms with van der Waals surface area (Å²) in [6.07, 6.45) is 5.13. The average molecular weight is 680 g/mol. The fourth-order valence-corrected chi connectivity index (χ4v) is 8.48. The van der Waals surface area contributed by atoms with Crippen LogP contribution < -0.4 is 14.8 Å². The molecule has 3 aliphatic rings. The third kappa shape index (κ3) is 6.48. The molecule has 0 radical (unpaired) electrons. The number of fused-ring (bicyclic) bond motifs is 2. The second-order valence-corrected chi connectivity index (χ2v) is 14.9. The minimum absolute atomic E-state index is 0.145. The smallest absolute Gasteiger partial charge is 0.298 e. The number of carbonyl (C=O) groups is 1. The summed E-state index contributed by atoms with van der Waals surface area (Å²) in [5.74, 6) is -3.95. The number of benzene rings is 4. The number of carbonyl (C=O) groups excluding carboxylic acids is 1. The van der Waals surface area contributed by atoms with Crippen molar-refractivity contribution in [3.05, 3.63) is 95.5 Å². The van der Waals surface area contributed by atoms with E-state index in [9.17, 15) is 13.2 Å². The number of nitrogens with one attached hydrogen (secondary N) is 2. The normalized spacial score (nSPS) is 20.9. The Bertz CT molecular complexity index is 1880. The van der Waals surface area contributed by atoms with E-state index >= 15 is 8.78 Å². The van der Waals surface area contributed by atoms with Crippen molar-refractivity contribution in [2.75, 3.05) is 19.6 Å². The Morgan fingerprint density at radius 1 is 0.894 bits per heavy atom. The molecular formula is C36H36ClF2N3O4S. The van der Waals surface area contributed by atoms with Crippen LogP contribution in [0.15, 0.2) is 89.8 Å². The summed E-state index contributed by atoms with van der Waals surface area (Å²) in [5, 5.41) is 5.14. The zero-order valence-corrected chi connectivity index (χ0v) is 27.2. The van der Waals surface area contributed by atoms with Crippen molar-refractivity contribution in [2.24, 2.45) is 5.92 Å². The molecule has 47 heavy (non-hydrogen) atoms. The predicted octanol–water partition coefficient (Wildman–Crippen LogP) is 6.74. The molecule has 2 aliphatic heterocycles. The van der Waals surface area contributed by atoms with Gasteiger partial charge in [-0.1, -0.05) is 60.1 Å². The van der Waals surface area contributed by atoms with Gasteiger partial charge in [-0.2, -0.15) is 13.5 Å². The van der Waals surface area contributed by atoms with Crippen LogP contribution in [0.25, 0.3) is 21.9 Å². The van der Waals surface area contributed by atoms with E-state index in [-0.39, 0.29) is 23.0 Å². The van der Waals surface area contributed by atoms with Gasteiger partial charge in [0.1, 0.15) is 5.75 Å². The lowest BCUT2D eigenvalue weighted by atomic mass is 9.97. The maximum Gasteiger partial charge on any atom is 0.298 e. The van der Waals surface area contributed by atoms with Crippen molar-refractivity contribution in [2.45, 2.75) is 61.1 Å². The standard InChI is InChI=1S/C36H36ClF2N3O4S/c37-29-13-7-24(8-14-29)23-5-11-28(12-6-23)36(38,39)34(35(43)42-18-17-27-21-40-22-33(27)42)41-47(44,45)32-16-10-25-19-31(15-9-26(25)20-32)46-30-3-1-2-4-30/h5-16,19-20,27,30,33-34,40-41H,1-4,17-18,21-22H2. The molecule has 2 heterocycles. The van der Waals surface area contributed by atoms with Crippen LogP contribution in [0, 0.1) is 5.92 Å². The highest BCUT2D eigenvalue weighted by Gasteiger charge is 2.52. The van der Waals surface area contributed by atoms with Crippen LogP contribution in [-0.2, 0) is 20.7 Å². The van der Waals surface area contributed by atoms with Gasteiger partial charge in [0.25, 0.3) is 5.92 Å². The number of ether oxygens (including phenoxy) is 1. The Morgan fingerprint density at radius 3 is 2.28 bits per heavy atom. The van der Waals surface area contributed by atoms with E-state index in [2.05, 4.69) is 10.0 Å².